The Balaban J connectivity index is 0.000000154. The first kappa shape index (κ1) is 62.0. The summed E-state index contributed by atoms with van der Waals surface area (Å²) in [6.07, 6.45) is 0. The SMILES string of the molecule is [2H]c1c([2H])c(N(c2ccc(-c3c(-c4ccccc4)c4ccccc4c4ccccc34)cc2)c2cc3ccccc3c3ccccc23)c([2H])c([2H])c1-c1cccc(-c2ccccc2)c1.[2H]c1c([2H])c(N(c2ccc(-c3c(-c4ccccc4)c4ccccc4c4ccccc34)cc2)c2cc3ccccc3c3ccccc23)c([2H])c([2H])c1-c1ccccc1-c1ccccc1. The van der Waals surface area contributed by atoms with Crippen LogP contribution in [0, 0.1) is 0 Å². The Kier molecular flexibility index (Phi) is 16.2. The second-order valence-corrected chi connectivity index (χ2v) is 29.8. The molecule has 0 saturated heterocycles. The Morgan fingerprint density at radius 3 is 0.771 bits per heavy atom. The van der Waals surface area contributed by atoms with E-state index in [-0.39, 0.29) is 70.8 Å². The summed E-state index contributed by atoms with van der Waals surface area (Å²) < 4.78 is 77.7. The fourth-order valence-corrected chi connectivity index (χ4v) is 17.6. The van der Waals surface area contributed by atoms with E-state index in [2.05, 4.69) is 255 Å². The van der Waals surface area contributed by atoms with Crippen molar-refractivity contribution in [2.45, 2.75) is 0 Å². The topological polar surface area (TPSA) is 6.48 Å². The second kappa shape index (κ2) is 30.8. The van der Waals surface area contributed by atoms with Crippen LogP contribution in [0.5, 0.6) is 0 Å². The lowest BCUT2D eigenvalue weighted by Gasteiger charge is -2.28. The van der Waals surface area contributed by atoms with Crippen molar-refractivity contribution in [3.05, 3.63) is 473 Å². The molecule has 2 heteroatoms. The number of nitrogens with zero attached hydrogens (tertiary/aromatic N) is 2. The minimum atomic E-state index is -0.123. The molecule has 0 heterocycles. The molecule has 0 spiro atoms. The second-order valence-electron chi connectivity index (χ2n) is 29.8. The van der Waals surface area contributed by atoms with E-state index in [1.165, 1.54) is 32.3 Å². The molecule has 0 amide bonds. The van der Waals surface area contributed by atoms with Gasteiger partial charge in [0.25, 0.3) is 0 Å². The molecule has 0 N–H and O–H groups in total. The standard InChI is InChI=1S/2C58H39N/c1-3-16-40(17-4-1)44-21-15-22-45(38-44)41-30-34-47(35-31-41)59(56-39-46-20-7-8-23-49(46)50-24-9-12-27-53(50)56)48-36-32-43(33-37-48)58-55-29-14-11-26-52(55)51-25-10-13-28-54(51)57(58)42-18-5-2-6-19-42;1-3-17-40(18-4-1)47-22-9-10-23-48(47)41-31-35-45(36-32-41)59(56-39-44-21-7-8-24-49(44)50-25-11-14-28-53(50)56)46-37-33-43(34-38-46)58-55-30-16-13-27-52(55)51-26-12-15-29-54(51)57(58)42-19-5-2-6-20-42/h2*1-39H/i30D,31D,34D,35D;31D,32D,35D,36D. The van der Waals surface area contributed by atoms with Crippen molar-refractivity contribution in [2.75, 3.05) is 9.80 Å². The molecule has 0 radical (unpaired) electrons. The fourth-order valence-electron chi connectivity index (χ4n) is 17.6. The number of benzene rings is 22. The third-order valence-electron chi connectivity index (χ3n) is 23.0. The van der Waals surface area contributed by atoms with E-state index in [0.717, 1.165) is 132 Å². The van der Waals surface area contributed by atoms with Gasteiger partial charge in [0.1, 0.15) is 0 Å². The van der Waals surface area contributed by atoms with E-state index >= 15 is 0 Å². The van der Waals surface area contributed by atoms with Crippen molar-refractivity contribution in [1.29, 1.82) is 0 Å². The molecule has 0 aliphatic rings. The number of hydrogen-bond acceptors (Lipinski definition) is 2. The molecule has 118 heavy (non-hydrogen) atoms. The van der Waals surface area contributed by atoms with Gasteiger partial charge in [0.2, 0.25) is 0 Å². The van der Waals surface area contributed by atoms with Crippen LogP contribution in [-0.4, -0.2) is 0 Å². The highest BCUT2D eigenvalue weighted by Crippen LogP contribution is 2.51. The molecule has 0 aromatic heterocycles. The van der Waals surface area contributed by atoms with Crippen molar-refractivity contribution >= 4 is 120 Å². The molecule has 0 aliphatic carbocycles. The third kappa shape index (κ3) is 12.9. The minimum Gasteiger partial charge on any atom is -0.310 e. The van der Waals surface area contributed by atoms with Gasteiger partial charge in [-0.2, -0.15) is 0 Å². The van der Waals surface area contributed by atoms with E-state index < -0.39 is 0 Å². The summed E-state index contributed by atoms with van der Waals surface area (Å²) in [7, 11) is 0. The Morgan fingerprint density at radius 2 is 0.398 bits per heavy atom. The lowest BCUT2D eigenvalue weighted by molar-refractivity contribution is 1.30. The third-order valence-corrected chi connectivity index (χ3v) is 23.0. The summed E-state index contributed by atoms with van der Waals surface area (Å²) in [5, 5.41) is 17.5. The molecule has 0 fully saturated rings. The van der Waals surface area contributed by atoms with E-state index in [0.29, 0.717) is 22.5 Å². The highest BCUT2D eigenvalue weighted by Gasteiger charge is 2.25. The van der Waals surface area contributed by atoms with Gasteiger partial charge >= 0.3 is 0 Å². The summed E-state index contributed by atoms with van der Waals surface area (Å²) in [6, 6.07) is 144. The van der Waals surface area contributed by atoms with Gasteiger partial charge in [0.05, 0.1) is 22.3 Å². The molecule has 2 nitrogen and oxygen atoms in total. The lowest BCUT2D eigenvalue weighted by atomic mass is 9.85. The summed E-state index contributed by atoms with van der Waals surface area (Å²) in [5.41, 5.74) is 17.7. The Morgan fingerprint density at radius 1 is 0.144 bits per heavy atom. The Labute approximate surface area is 698 Å². The van der Waals surface area contributed by atoms with Crippen LogP contribution in [0.15, 0.2) is 473 Å². The molecule has 22 rings (SSSR count). The van der Waals surface area contributed by atoms with Crippen molar-refractivity contribution in [3.63, 3.8) is 0 Å². The first-order valence-electron chi connectivity index (χ1n) is 44.0. The van der Waals surface area contributed by atoms with Gasteiger partial charge in [-0.15, -0.1) is 0 Å². The zero-order valence-electron chi connectivity index (χ0n) is 72.3. The average molecular weight is 1510 g/mol. The van der Waals surface area contributed by atoms with E-state index in [1.54, 1.807) is 0 Å². The Bertz CT molecular complexity index is 7990. The maximum atomic E-state index is 9.83. The van der Waals surface area contributed by atoms with Gasteiger partial charge in [-0.1, -0.05) is 406 Å². The van der Waals surface area contributed by atoms with Gasteiger partial charge in [-0.25, -0.2) is 0 Å². The van der Waals surface area contributed by atoms with Gasteiger partial charge < -0.3 is 9.80 Å². The largest absolute Gasteiger partial charge is 0.310 e. The molecule has 0 aliphatic heterocycles. The van der Waals surface area contributed by atoms with Gasteiger partial charge in [-0.05, 0) is 231 Å². The highest BCUT2D eigenvalue weighted by atomic mass is 15.1. The molecule has 552 valence electrons. The van der Waals surface area contributed by atoms with E-state index in [1.807, 2.05) is 180 Å². The number of anilines is 6. The molecule has 0 unspecified atom stereocenters. The maximum absolute atomic E-state index is 9.83. The predicted octanol–water partition coefficient (Wildman–Crippen LogP) is 32.9. The molecule has 0 bridgehead atoms. The zero-order valence-corrected chi connectivity index (χ0v) is 64.3. The monoisotopic (exact) mass is 1510 g/mol. The fraction of sp³-hybridized carbons (Fsp3) is 0. The van der Waals surface area contributed by atoms with Crippen LogP contribution >= 0.6 is 0 Å². The normalized spacial score (nSPS) is 12.3. The number of hydrogen-bond donors (Lipinski definition) is 0. The van der Waals surface area contributed by atoms with E-state index in [4.69, 9.17) is 0 Å². The van der Waals surface area contributed by atoms with Crippen LogP contribution < -0.4 is 9.80 Å². The van der Waals surface area contributed by atoms with E-state index in [9.17, 15) is 11.0 Å². The number of fused-ring (bicyclic) bond motifs is 12. The van der Waals surface area contributed by atoms with Gasteiger partial charge in [0.15, 0.2) is 0 Å². The van der Waals surface area contributed by atoms with Crippen LogP contribution in [0.25, 0.3) is 175 Å². The summed E-state index contributed by atoms with van der Waals surface area (Å²) in [6.45, 7) is 0. The summed E-state index contributed by atoms with van der Waals surface area (Å²) >= 11 is 0. The van der Waals surface area contributed by atoms with Crippen LogP contribution in [-0.2, 0) is 0 Å². The van der Waals surface area contributed by atoms with Gasteiger partial charge in [-0.3, -0.25) is 0 Å². The average Bonchev–Trinajstić information content (AvgIpc) is 0.739. The molecule has 0 atom stereocenters. The quantitative estimate of drug-likeness (QED) is 0.100. The lowest BCUT2D eigenvalue weighted by Crippen LogP contribution is -2.10. The van der Waals surface area contributed by atoms with Crippen molar-refractivity contribution in [2.24, 2.45) is 0 Å². The molecular weight excluding hydrogens is 1420 g/mol. The smallest absolute Gasteiger partial charge is 0.0645 e. The Hall–Kier alpha value is -15.5. The molecular formula is C116H78N2. The van der Waals surface area contributed by atoms with Crippen LogP contribution in [0.2, 0.25) is 0 Å². The first-order chi connectivity index (χ1) is 61.9. The molecule has 22 aromatic carbocycles. The summed E-state index contributed by atoms with van der Waals surface area (Å²) in [5.74, 6) is 0. The number of rotatable bonds is 14. The van der Waals surface area contributed by atoms with Gasteiger partial charge in [0, 0.05) is 33.5 Å². The van der Waals surface area contributed by atoms with Crippen LogP contribution in [0.1, 0.15) is 11.0 Å². The molecule has 0 saturated carbocycles. The van der Waals surface area contributed by atoms with Crippen molar-refractivity contribution in [1.82, 2.24) is 0 Å². The minimum absolute atomic E-state index is 0.0990. The van der Waals surface area contributed by atoms with Crippen molar-refractivity contribution < 1.29 is 11.0 Å². The summed E-state index contributed by atoms with van der Waals surface area (Å²) in [4.78, 5) is 3.86. The molecule has 22 aromatic rings. The maximum Gasteiger partial charge on any atom is 0.0645 e. The predicted molar refractivity (Wildman–Crippen MR) is 506 cm³/mol. The first-order valence-corrected chi connectivity index (χ1v) is 40.0. The zero-order chi connectivity index (χ0) is 85.2. The van der Waals surface area contributed by atoms with Crippen LogP contribution in [0.3, 0.4) is 0 Å². The van der Waals surface area contributed by atoms with Crippen LogP contribution in [0.4, 0.5) is 34.1 Å². The van der Waals surface area contributed by atoms with Crippen molar-refractivity contribution in [3.8, 4) is 89.0 Å². The highest BCUT2D eigenvalue weighted by molar-refractivity contribution is 6.24.